The van der Waals surface area contributed by atoms with E-state index in [9.17, 15) is 4.79 Å². The second-order valence-corrected chi connectivity index (χ2v) is 6.13. The second-order valence-electron chi connectivity index (χ2n) is 3.57. The number of amides is 1. The topological polar surface area (TPSA) is 29.1 Å². The quantitative estimate of drug-likeness (QED) is 0.646. The largest absolute Gasteiger partial charge is 0.321 e. The zero-order chi connectivity index (χ0) is 13.1. The van der Waals surface area contributed by atoms with Crippen LogP contribution in [0.15, 0.2) is 55.9 Å². The van der Waals surface area contributed by atoms with Crippen LogP contribution in [-0.2, 0) is 0 Å². The van der Waals surface area contributed by atoms with Gasteiger partial charge in [-0.2, -0.15) is 0 Å². The minimum absolute atomic E-state index is 0.138. The average Bonchev–Trinajstić information content (AvgIpc) is 2.36. The van der Waals surface area contributed by atoms with Gasteiger partial charge in [-0.1, -0.05) is 34.1 Å². The molecule has 92 valence electrons. The van der Waals surface area contributed by atoms with Crippen LogP contribution in [-0.4, -0.2) is 5.91 Å². The van der Waals surface area contributed by atoms with E-state index in [0.717, 1.165) is 13.4 Å². The fourth-order valence-electron chi connectivity index (χ4n) is 1.43. The van der Waals surface area contributed by atoms with Gasteiger partial charge in [-0.05, 0) is 56.1 Å². The Morgan fingerprint density at radius 2 is 1.67 bits per heavy atom. The number of hydrogen-bond donors (Lipinski definition) is 1. The predicted octanol–water partition coefficient (Wildman–Crippen LogP) is 5.23. The summed E-state index contributed by atoms with van der Waals surface area (Å²) < 4.78 is 2.58. The number of carbonyl (C=O) groups excluding carboxylic acids is 1. The number of anilines is 1. The molecular formula is C13H8Br3NO. The Kier molecular flexibility index (Phi) is 4.59. The summed E-state index contributed by atoms with van der Waals surface area (Å²) >= 11 is 10.2. The molecule has 0 spiro atoms. The van der Waals surface area contributed by atoms with Crippen LogP contribution in [0.25, 0.3) is 0 Å². The van der Waals surface area contributed by atoms with Crippen molar-refractivity contribution in [3.05, 3.63) is 61.4 Å². The van der Waals surface area contributed by atoms with Crippen LogP contribution in [0, 0.1) is 0 Å². The van der Waals surface area contributed by atoms with Crippen molar-refractivity contribution in [1.29, 1.82) is 0 Å². The fourth-order valence-corrected chi connectivity index (χ4v) is 2.98. The van der Waals surface area contributed by atoms with Crippen LogP contribution in [0.1, 0.15) is 10.4 Å². The Bertz CT molecular complexity index is 584. The zero-order valence-electron chi connectivity index (χ0n) is 9.08. The first-order chi connectivity index (χ1) is 8.58. The maximum atomic E-state index is 12.0. The molecule has 1 amide bonds. The highest BCUT2D eigenvalue weighted by Gasteiger charge is 2.10. The van der Waals surface area contributed by atoms with Gasteiger partial charge in [-0.15, -0.1) is 0 Å². The SMILES string of the molecule is O=C(Nc1cc(Br)cc(Br)c1Br)c1ccccc1. The third kappa shape index (κ3) is 3.22. The van der Waals surface area contributed by atoms with E-state index in [1.54, 1.807) is 12.1 Å². The molecule has 0 fully saturated rings. The van der Waals surface area contributed by atoms with Crippen molar-refractivity contribution < 1.29 is 4.79 Å². The molecule has 0 heterocycles. The van der Waals surface area contributed by atoms with Gasteiger partial charge in [0.05, 0.1) is 10.2 Å². The van der Waals surface area contributed by atoms with Gasteiger partial charge in [0.15, 0.2) is 0 Å². The molecule has 2 aromatic rings. The molecule has 0 unspecified atom stereocenters. The lowest BCUT2D eigenvalue weighted by Gasteiger charge is -2.09. The Morgan fingerprint density at radius 1 is 1.00 bits per heavy atom. The normalized spacial score (nSPS) is 10.2. The van der Waals surface area contributed by atoms with Crippen LogP contribution in [0.2, 0.25) is 0 Å². The minimum atomic E-state index is -0.138. The monoisotopic (exact) mass is 431 g/mol. The lowest BCUT2D eigenvalue weighted by molar-refractivity contribution is 0.102. The summed E-state index contributed by atoms with van der Waals surface area (Å²) in [4.78, 5) is 12.0. The van der Waals surface area contributed by atoms with E-state index in [2.05, 4.69) is 53.1 Å². The molecule has 2 nitrogen and oxygen atoms in total. The van der Waals surface area contributed by atoms with E-state index in [4.69, 9.17) is 0 Å². The van der Waals surface area contributed by atoms with E-state index >= 15 is 0 Å². The lowest BCUT2D eigenvalue weighted by Crippen LogP contribution is -2.12. The van der Waals surface area contributed by atoms with Crippen molar-refractivity contribution in [2.75, 3.05) is 5.32 Å². The Morgan fingerprint density at radius 3 is 2.33 bits per heavy atom. The Hall–Kier alpha value is -0.650. The Labute approximate surface area is 130 Å². The smallest absolute Gasteiger partial charge is 0.255 e. The predicted molar refractivity (Wildman–Crippen MR) is 83.9 cm³/mol. The highest BCUT2D eigenvalue weighted by Crippen LogP contribution is 2.34. The van der Waals surface area contributed by atoms with Gasteiger partial charge in [0.1, 0.15) is 0 Å². The molecule has 0 atom stereocenters. The minimum Gasteiger partial charge on any atom is -0.321 e. The number of benzene rings is 2. The van der Waals surface area contributed by atoms with Gasteiger partial charge >= 0.3 is 0 Å². The fraction of sp³-hybridized carbons (Fsp3) is 0. The van der Waals surface area contributed by atoms with E-state index in [0.29, 0.717) is 11.3 Å². The summed E-state index contributed by atoms with van der Waals surface area (Å²) in [6, 6.07) is 12.8. The van der Waals surface area contributed by atoms with Gasteiger partial charge in [0.2, 0.25) is 0 Å². The van der Waals surface area contributed by atoms with Gasteiger partial charge in [-0.3, -0.25) is 4.79 Å². The van der Waals surface area contributed by atoms with Crippen molar-refractivity contribution in [3.8, 4) is 0 Å². The molecule has 0 aliphatic heterocycles. The number of nitrogens with one attached hydrogen (secondary N) is 1. The number of halogens is 3. The van der Waals surface area contributed by atoms with E-state index < -0.39 is 0 Å². The summed E-state index contributed by atoms with van der Waals surface area (Å²) in [5.74, 6) is -0.138. The van der Waals surface area contributed by atoms with Gasteiger partial charge in [-0.25, -0.2) is 0 Å². The third-order valence-corrected chi connectivity index (χ3v) is 4.75. The second kappa shape index (κ2) is 5.99. The zero-order valence-corrected chi connectivity index (χ0v) is 13.8. The van der Waals surface area contributed by atoms with Crippen molar-refractivity contribution in [2.24, 2.45) is 0 Å². The molecule has 0 saturated heterocycles. The van der Waals surface area contributed by atoms with Gasteiger partial charge in [0, 0.05) is 14.5 Å². The molecule has 2 rings (SSSR count). The summed E-state index contributed by atoms with van der Waals surface area (Å²) in [5, 5.41) is 2.86. The van der Waals surface area contributed by atoms with Gasteiger partial charge < -0.3 is 5.32 Å². The maximum absolute atomic E-state index is 12.0. The molecule has 18 heavy (non-hydrogen) atoms. The van der Waals surface area contributed by atoms with Crippen LogP contribution in [0.5, 0.6) is 0 Å². The number of carbonyl (C=O) groups is 1. The molecule has 0 aliphatic rings. The van der Waals surface area contributed by atoms with Crippen LogP contribution in [0.3, 0.4) is 0 Å². The van der Waals surface area contributed by atoms with Crippen LogP contribution < -0.4 is 5.32 Å². The molecule has 0 radical (unpaired) electrons. The third-order valence-electron chi connectivity index (χ3n) is 2.28. The molecule has 5 heteroatoms. The Balaban J connectivity index is 2.28. The number of hydrogen-bond acceptors (Lipinski definition) is 1. The number of rotatable bonds is 2. The van der Waals surface area contributed by atoms with Crippen LogP contribution in [0.4, 0.5) is 5.69 Å². The standard InChI is InChI=1S/C13H8Br3NO/c14-9-6-10(15)12(16)11(7-9)17-13(18)8-4-2-1-3-5-8/h1-7H,(H,17,18). The molecule has 0 aliphatic carbocycles. The van der Waals surface area contributed by atoms with E-state index in [1.165, 1.54) is 0 Å². The molecule has 0 saturated carbocycles. The molecule has 2 aromatic carbocycles. The first kappa shape index (κ1) is 13.8. The van der Waals surface area contributed by atoms with Crippen LogP contribution >= 0.6 is 47.8 Å². The molecule has 1 N–H and O–H groups in total. The van der Waals surface area contributed by atoms with E-state index in [-0.39, 0.29) is 5.91 Å². The summed E-state index contributed by atoms with van der Waals surface area (Å²) in [6.45, 7) is 0. The summed E-state index contributed by atoms with van der Waals surface area (Å²) in [6.07, 6.45) is 0. The highest BCUT2D eigenvalue weighted by atomic mass is 79.9. The lowest BCUT2D eigenvalue weighted by atomic mass is 10.2. The highest BCUT2D eigenvalue weighted by molar-refractivity contribution is 9.13. The molecule has 0 aromatic heterocycles. The summed E-state index contributed by atoms with van der Waals surface area (Å²) in [5.41, 5.74) is 1.34. The average molecular weight is 434 g/mol. The molecular weight excluding hydrogens is 426 g/mol. The maximum Gasteiger partial charge on any atom is 0.255 e. The summed E-state index contributed by atoms with van der Waals surface area (Å²) in [7, 11) is 0. The molecule has 0 bridgehead atoms. The first-order valence-electron chi connectivity index (χ1n) is 5.09. The van der Waals surface area contributed by atoms with Crippen molar-refractivity contribution >= 4 is 59.4 Å². The van der Waals surface area contributed by atoms with Gasteiger partial charge in [0.25, 0.3) is 5.91 Å². The van der Waals surface area contributed by atoms with Crippen molar-refractivity contribution in [2.45, 2.75) is 0 Å². The van der Waals surface area contributed by atoms with E-state index in [1.807, 2.05) is 30.3 Å². The van der Waals surface area contributed by atoms with Crippen molar-refractivity contribution in [1.82, 2.24) is 0 Å². The van der Waals surface area contributed by atoms with Crippen molar-refractivity contribution in [3.63, 3.8) is 0 Å². The first-order valence-corrected chi connectivity index (χ1v) is 7.47.